The second-order valence-corrected chi connectivity index (χ2v) is 7.37. The Hall–Kier alpha value is -2.26. The van der Waals surface area contributed by atoms with E-state index in [-0.39, 0.29) is 0 Å². The highest BCUT2D eigenvalue weighted by Crippen LogP contribution is 2.64. The van der Waals surface area contributed by atoms with Gasteiger partial charge in [0, 0.05) is 5.57 Å². The Morgan fingerprint density at radius 1 is 0.564 bits per heavy atom. The third kappa shape index (κ3) is 5.17. The van der Waals surface area contributed by atoms with Crippen LogP contribution in [0.15, 0.2) is 12.2 Å². The summed E-state index contributed by atoms with van der Waals surface area (Å²) < 4.78 is 283. The summed E-state index contributed by atoms with van der Waals surface area (Å²) in [5.41, 5.74) is -1.18. The molecule has 23 heteroatoms. The Morgan fingerprint density at radius 2 is 0.846 bits per heavy atom. The molecule has 0 rings (SSSR count). The van der Waals surface area contributed by atoms with E-state index in [1.165, 1.54) is 0 Å². The summed E-state index contributed by atoms with van der Waals surface area (Å²) >= 11 is 0. The summed E-state index contributed by atoms with van der Waals surface area (Å²) in [6, 6.07) is 0. The van der Waals surface area contributed by atoms with Crippen LogP contribution in [0.3, 0.4) is 0 Å². The van der Waals surface area contributed by atoms with Gasteiger partial charge in [-0.3, -0.25) is 0 Å². The molecule has 0 amide bonds. The lowest BCUT2D eigenvalue weighted by Crippen LogP contribution is -2.76. The van der Waals surface area contributed by atoms with Crippen LogP contribution in [-0.4, -0.2) is 78.5 Å². The molecular formula is C16H9F21O2. The minimum atomic E-state index is -9.10. The van der Waals surface area contributed by atoms with Gasteiger partial charge in [-0.25, -0.2) is 22.4 Å². The lowest BCUT2D eigenvalue weighted by atomic mass is 9.86. The van der Waals surface area contributed by atoms with Gasteiger partial charge in [-0.1, -0.05) is 6.58 Å². The Morgan fingerprint density at radius 3 is 1.13 bits per heavy atom. The van der Waals surface area contributed by atoms with Crippen molar-refractivity contribution in [1.82, 2.24) is 0 Å². The SMILES string of the molecule is C=C(C)C(=O)OC(F)C(F)(F)C(F)(F)C(F)(F)C(F)(F)C(F)(F)C(F)(F)C(F)(F)C(F)(F)C(F)C(F)C(F)F. The van der Waals surface area contributed by atoms with Crippen LogP contribution in [0.1, 0.15) is 6.92 Å². The third-order valence-electron chi connectivity index (χ3n) is 4.52. The van der Waals surface area contributed by atoms with Crippen LogP contribution in [0.5, 0.6) is 0 Å². The minimum absolute atomic E-state index is 0.446. The smallest absolute Gasteiger partial charge is 0.385 e. The first-order chi connectivity index (χ1) is 16.8. The van der Waals surface area contributed by atoms with E-state index >= 15 is 0 Å². The average Bonchev–Trinajstić information content (AvgIpc) is 2.76. The van der Waals surface area contributed by atoms with Gasteiger partial charge < -0.3 is 4.74 Å². The zero-order valence-electron chi connectivity index (χ0n) is 17.8. The van der Waals surface area contributed by atoms with Crippen molar-refractivity contribution >= 4 is 5.97 Å². The van der Waals surface area contributed by atoms with Gasteiger partial charge in [0.25, 0.3) is 6.43 Å². The van der Waals surface area contributed by atoms with Crippen molar-refractivity contribution in [3.63, 3.8) is 0 Å². The molecule has 0 aliphatic rings. The largest absolute Gasteiger partial charge is 0.421 e. The standard InChI is InChI=1S/C16H9F21O2/c1-3(2)7(38)39-8(21)10(24,25)12(28,29)14(32,33)16(36,37)15(34,35)13(30,31)11(26,27)9(22,23)5(18)4(17)6(19)20/h4-6,8H,1H2,2H3. The molecule has 0 bridgehead atoms. The van der Waals surface area contributed by atoms with Gasteiger partial charge in [0.15, 0.2) is 6.17 Å². The number of ether oxygens (including phenoxy) is 1. The fourth-order valence-corrected chi connectivity index (χ4v) is 2.12. The highest BCUT2D eigenvalue weighted by Gasteiger charge is 2.96. The first kappa shape index (κ1) is 36.7. The van der Waals surface area contributed by atoms with E-state index in [0.717, 1.165) is 0 Å². The van der Waals surface area contributed by atoms with E-state index in [1.54, 1.807) is 0 Å². The van der Waals surface area contributed by atoms with Crippen LogP contribution >= 0.6 is 0 Å². The molecule has 0 saturated heterocycles. The highest BCUT2D eigenvalue weighted by molar-refractivity contribution is 5.87. The zero-order chi connectivity index (χ0) is 32.2. The van der Waals surface area contributed by atoms with E-state index < -0.39 is 84.0 Å². The van der Waals surface area contributed by atoms with Crippen LogP contribution in [0.4, 0.5) is 92.2 Å². The van der Waals surface area contributed by atoms with Crippen molar-refractivity contribution in [2.75, 3.05) is 0 Å². The lowest BCUT2D eigenvalue weighted by Gasteiger charge is -2.44. The van der Waals surface area contributed by atoms with Crippen molar-refractivity contribution in [2.24, 2.45) is 0 Å². The van der Waals surface area contributed by atoms with Gasteiger partial charge in [-0.05, 0) is 6.92 Å². The van der Waals surface area contributed by atoms with E-state index in [1.807, 2.05) is 0 Å². The molecule has 232 valence electrons. The molecule has 0 fully saturated rings. The van der Waals surface area contributed by atoms with Gasteiger partial charge in [-0.15, -0.1) is 0 Å². The van der Waals surface area contributed by atoms with E-state index in [0.29, 0.717) is 6.92 Å². The second-order valence-electron chi connectivity index (χ2n) is 7.37. The molecule has 0 spiro atoms. The second kappa shape index (κ2) is 10.3. The molecule has 0 aromatic rings. The zero-order valence-corrected chi connectivity index (χ0v) is 17.8. The third-order valence-corrected chi connectivity index (χ3v) is 4.52. The summed E-state index contributed by atoms with van der Waals surface area (Å²) in [6.45, 7) is 2.97. The fourth-order valence-electron chi connectivity index (χ4n) is 2.12. The normalized spacial score (nSPS) is 17.6. The Kier molecular flexibility index (Phi) is 9.69. The Labute approximate surface area is 200 Å². The molecular weight excluding hydrogens is 623 g/mol. The summed E-state index contributed by atoms with van der Waals surface area (Å²) in [4.78, 5) is 10.9. The van der Waals surface area contributed by atoms with Gasteiger partial charge >= 0.3 is 59.7 Å². The predicted octanol–water partition coefficient (Wildman–Crippen LogP) is 7.43. The molecule has 3 atom stereocenters. The number of rotatable bonds is 13. The molecule has 2 nitrogen and oxygen atoms in total. The molecule has 0 aromatic carbocycles. The molecule has 3 unspecified atom stereocenters. The molecule has 0 heterocycles. The number of esters is 1. The molecule has 0 aromatic heterocycles. The quantitative estimate of drug-likeness (QED) is 0.120. The van der Waals surface area contributed by atoms with Crippen LogP contribution in [0.25, 0.3) is 0 Å². The average molecular weight is 632 g/mol. The van der Waals surface area contributed by atoms with Crippen LogP contribution in [-0.2, 0) is 9.53 Å². The number of hydrogen-bond donors (Lipinski definition) is 0. The van der Waals surface area contributed by atoms with Crippen molar-refractivity contribution in [2.45, 2.75) is 79.4 Å². The number of carbonyl (C=O) groups excluding carboxylic acids is 1. The van der Waals surface area contributed by atoms with Crippen molar-refractivity contribution in [3.05, 3.63) is 12.2 Å². The monoisotopic (exact) mass is 632 g/mol. The fraction of sp³-hybridized carbons (Fsp3) is 0.812. The van der Waals surface area contributed by atoms with Gasteiger partial charge in [0.2, 0.25) is 6.17 Å². The van der Waals surface area contributed by atoms with Crippen molar-refractivity contribution in [3.8, 4) is 0 Å². The van der Waals surface area contributed by atoms with E-state index in [9.17, 15) is 97.0 Å². The summed E-state index contributed by atoms with van der Waals surface area (Å²) in [5.74, 6) is -71.2. The maximum Gasteiger partial charge on any atom is 0.385 e. The molecule has 0 N–H and O–H groups in total. The van der Waals surface area contributed by atoms with E-state index in [4.69, 9.17) is 0 Å². The number of halogens is 21. The Bertz CT molecular complexity index is 910. The summed E-state index contributed by atoms with van der Waals surface area (Å²) in [5, 5.41) is 0. The molecule has 0 saturated carbocycles. The van der Waals surface area contributed by atoms with Crippen molar-refractivity contribution < 1.29 is 102 Å². The van der Waals surface area contributed by atoms with Crippen LogP contribution in [0.2, 0.25) is 0 Å². The van der Waals surface area contributed by atoms with Crippen LogP contribution in [0, 0.1) is 0 Å². The first-order valence-electron chi connectivity index (χ1n) is 8.86. The maximum atomic E-state index is 13.7. The minimum Gasteiger partial charge on any atom is -0.421 e. The van der Waals surface area contributed by atoms with Gasteiger partial charge in [0.05, 0.1) is 0 Å². The number of alkyl halides is 21. The van der Waals surface area contributed by atoms with Crippen molar-refractivity contribution in [1.29, 1.82) is 0 Å². The van der Waals surface area contributed by atoms with Gasteiger partial charge in [0.1, 0.15) is 0 Å². The van der Waals surface area contributed by atoms with Gasteiger partial charge in [-0.2, -0.15) is 74.6 Å². The maximum absolute atomic E-state index is 13.7. The summed E-state index contributed by atoms with van der Waals surface area (Å²) in [6.07, 6.45) is -21.9. The topological polar surface area (TPSA) is 26.3 Å². The lowest BCUT2D eigenvalue weighted by molar-refractivity contribution is -0.461. The van der Waals surface area contributed by atoms with Crippen LogP contribution < -0.4 is 0 Å². The molecule has 0 radical (unpaired) electrons. The summed E-state index contributed by atoms with van der Waals surface area (Å²) in [7, 11) is 0. The number of carbonyl (C=O) groups is 1. The Balaban J connectivity index is 6.91. The highest BCUT2D eigenvalue weighted by atomic mass is 19.4. The first-order valence-corrected chi connectivity index (χ1v) is 8.86. The van der Waals surface area contributed by atoms with E-state index in [2.05, 4.69) is 11.3 Å². The number of hydrogen-bond acceptors (Lipinski definition) is 2. The molecule has 0 aliphatic carbocycles. The predicted molar refractivity (Wildman–Crippen MR) is 81.2 cm³/mol. The molecule has 0 aliphatic heterocycles. The molecule has 39 heavy (non-hydrogen) atoms.